The third kappa shape index (κ3) is 3.80. The smallest absolute Gasteiger partial charge is 0.207 e. The molecule has 4 aromatic rings. The Morgan fingerprint density at radius 3 is 2.24 bits per heavy atom. The van der Waals surface area contributed by atoms with Crippen LogP contribution >= 0.6 is 27.3 Å². The zero-order chi connectivity index (χ0) is 20.5. The fraction of sp³-hybridized carbons (Fsp3) is 0.125. The van der Waals surface area contributed by atoms with Crippen LogP contribution in [0.2, 0.25) is 0 Å². The zero-order valence-corrected chi connectivity index (χ0v) is 18.7. The molecule has 0 aliphatic carbocycles. The summed E-state index contributed by atoms with van der Waals surface area (Å²) < 4.78 is 13.5. The molecule has 5 heteroatoms. The summed E-state index contributed by atoms with van der Waals surface area (Å²) in [6.45, 7) is 3.93. The Kier molecular flexibility index (Phi) is 5.43. The number of thiophene rings is 1. The highest BCUT2D eigenvalue weighted by atomic mass is 79.9. The van der Waals surface area contributed by atoms with Crippen LogP contribution in [-0.2, 0) is 0 Å². The van der Waals surface area contributed by atoms with Crippen molar-refractivity contribution in [3.63, 3.8) is 0 Å². The first-order valence-corrected chi connectivity index (χ1v) is 10.7. The van der Waals surface area contributed by atoms with Gasteiger partial charge in [-0.15, -0.1) is 11.3 Å². The Bertz CT molecular complexity index is 1190. The molecule has 0 saturated heterocycles. The van der Waals surface area contributed by atoms with E-state index in [1.807, 2.05) is 74.5 Å². The molecular weight excluding hydrogens is 448 g/mol. The standard InChI is InChI=1S/C24H19BrO3S/c1-14-5-4-6-15(2)21(14)22(26)24-23(28-17-9-7-16(25)8-10-17)19-12-11-18(27-3)13-20(19)29-24/h4-13H,1-3H3. The Morgan fingerprint density at radius 2 is 1.59 bits per heavy atom. The Balaban J connectivity index is 1.89. The fourth-order valence-corrected chi connectivity index (χ4v) is 4.71. The fourth-order valence-electron chi connectivity index (χ4n) is 3.34. The molecule has 0 unspecified atom stereocenters. The highest BCUT2D eigenvalue weighted by molar-refractivity contribution is 9.10. The minimum Gasteiger partial charge on any atom is -0.497 e. The van der Waals surface area contributed by atoms with Crippen LogP contribution in [0, 0.1) is 13.8 Å². The van der Waals surface area contributed by atoms with Crippen molar-refractivity contribution in [2.24, 2.45) is 0 Å². The van der Waals surface area contributed by atoms with Crippen molar-refractivity contribution in [3.8, 4) is 17.2 Å². The quantitative estimate of drug-likeness (QED) is 0.289. The molecule has 29 heavy (non-hydrogen) atoms. The average Bonchev–Trinajstić information content (AvgIpc) is 3.07. The van der Waals surface area contributed by atoms with Crippen molar-refractivity contribution in [1.29, 1.82) is 0 Å². The van der Waals surface area contributed by atoms with Crippen LogP contribution in [0.3, 0.4) is 0 Å². The van der Waals surface area contributed by atoms with Gasteiger partial charge >= 0.3 is 0 Å². The van der Waals surface area contributed by atoms with Crippen LogP contribution in [-0.4, -0.2) is 12.9 Å². The van der Waals surface area contributed by atoms with E-state index >= 15 is 0 Å². The predicted octanol–water partition coefficient (Wildman–Crippen LogP) is 7.31. The molecule has 1 aromatic heterocycles. The van der Waals surface area contributed by atoms with Gasteiger partial charge in [-0.1, -0.05) is 34.1 Å². The van der Waals surface area contributed by atoms with E-state index in [0.717, 1.165) is 37.0 Å². The second-order valence-electron chi connectivity index (χ2n) is 6.77. The van der Waals surface area contributed by atoms with Gasteiger partial charge in [-0.25, -0.2) is 0 Å². The first-order chi connectivity index (χ1) is 14.0. The average molecular weight is 467 g/mol. The topological polar surface area (TPSA) is 35.5 Å². The SMILES string of the molecule is COc1ccc2c(Oc3ccc(Br)cc3)c(C(=O)c3c(C)cccc3C)sc2c1. The van der Waals surface area contributed by atoms with Gasteiger partial charge in [0.2, 0.25) is 5.78 Å². The van der Waals surface area contributed by atoms with E-state index in [1.54, 1.807) is 7.11 Å². The molecule has 0 bridgehead atoms. The largest absolute Gasteiger partial charge is 0.497 e. The van der Waals surface area contributed by atoms with Crippen molar-refractivity contribution in [2.45, 2.75) is 13.8 Å². The summed E-state index contributed by atoms with van der Waals surface area (Å²) in [4.78, 5) is 14.2. The Morgan fingerprint density at radius 1 is 0.931 bits per heavy atom. The first kappa shape index (κ1) is 19.7. The number of methoxy groups -OCH3 is 1. The van der Waals surface area contributed by atoms with Gasteiger partial charge in [-0.3, -0.25) is 4.79 Å². The summed E-state index contributed by atoms with van der Waals surface area (Å²) in [6.07, 6.45) is 0. The van der Waals surface area contributed by atoms with Gasteiger partial charge in [-0.05, 0) is 67.4 Å². The van der Waals surface area contributed by atoms with Gasteiger partial charge in [0, 0.05) is 20.1 Å². The van der Waals surface area contributed by atoms with E-state index in [1.165, 1.54) is 11.3 Å². The third-order valence-corrected chi connectivity index (χ3v) is 6.46. The normalized spacial score (nSPS) is 10.9. The molecule has 0 saturated carbocycles. The van der Waals surface area contributed by atoms with Crippen molar-refractivity contribution in [3.05, 3.63) is 86.7 Å². The number of aryl methyl sites for hydroxylation is 2. The van der Waals surface area contributed by atoms with Gasteiger partial charge in [0.25, 0.3) is 0 Å². The molecular formula is C24H19BrO3S. The molecule has 0 radical (unpaired) electrons. The van der Waals surface area contributed by atoms with E-state index < -0.39 is 0 Å². The minimum absolute atomic E-state index is 0.0205. The second kappa shape index (κ2) is 8.01. The van der Waals surface area contributed by atoms with E-state index in [4.69, 9.17) is 9.47 Å². The van der Waals surface area contributed by atoms with E-state index in [-0.39, 0.29) is 5.78 Å². The maximum absolute atomic E-state index is 13.6. The van der Waals surface area contributed by atoms with E-state index in [2.05, 4.69) is 15.9 Å². The summed E-state index contributed by atoms with van der Waals surface area (Å²) in [7, 11) is 1.64. The van der Waals surface area contributed by atoms with Crippen LogP contribution in [0.5, 0.6) is 17.2 Å². The predicted molar refractivity (Wildman–Crippen MR) is 122 cm³/mol. The molecule has 0 aliphatic rings. The first-order valence-electron chi connectivity index (χ1n) is 9.13. The third-order valence-electron chi connectivity index (χ3n) is 4.80. The molecule has 3 aromatic carbocycles. The summed E-state index contributed by atoms with van der Waals surface area (Å²) >= 11 is 4.87. The number of rotatable bonds is 5. The van der Waals surface area contributed by atoms with Crippen molar-refractivity contribution in [2.75, 3.05) is 7.11 Å². The van der Waals surface area contributed by atoms with Gasteiger partial charge in [-0.2, -0.15) is 0 Å². The molecule has 0 amide bonds. The number of carbonyl (C=O) groups is 1. The van der Waals surface area contributed by atoms with Crippen LogP contribution in [0.4, 0.5) is 0 Å². The van der Waals surface area contributed by atoms with Gasteiger partial charge < -0.3 is 9.47 Å². The number of halogens is 1. The Labute approximate surface area is 182 Å². The maximum atomic E-state index is 13.6. The summed E-state index contributed by atoms with van der Waals surface area (Å²) in [5, 5.41) is 0.897. The highest BCUT2D eigenvalue weighted by Gasteiger charge is 2.24. The number of hydrogen-bond donors (Lipinski definition) is 0. The monoisotopic (exact) mass is 466 g/mol. The number of benzene rings is 3. The van der Waals surface area contributed by atoms with Crippen molar-refractivity contribution >= 4 is 43.1 Å². The molecule has 0 spiro atoms. The van der Waals surface area contributed by atoms with Crippen molar-refractivity contribution in [1.82, 2.24) is 0 Å². The lowest BCUT2D eigenvalue weighted by Crippen LogP contribution is -2.05. The number of fused-ring (bicyclic) bond motifs is 1. The Hall–Kier alpha value is -2.63. The molecule has 4 rings (SSSR count). The molecule has 0 fully saturated rings. The highest BCUT2D eigenvalue weighted by Crippen LogP contribution is 2.43. The molecule has 1 heterocycles. The zero-order valence-electron chi connectivity index (χ0n) is 16.3. The maximum Gasteiger partial charge on any atom is 0.207 e. The van der Waals surface area contributed by atoms with Crippen LogP contribution < -0.4 is 9.47 Å². The molecule has 0 N–H and O–H groups in total. The van der Waals surface area contributed by atoms with E-state index in [0.29, 0.717) is 16.4 Å². The number of ether oxygens (including phenoxy) is 2. The summed E-state index contributed by atoms with van der Waals surface area (Å²) in [5.74, 6) is 2.00. The van der Waals surface area contributed by atoms with Crippen LogP contribution in [0.1, 0.15) is 26.4 Å². The lowest BCUT2D eigenvalue weighted by atomic mass is 9.98. The van der Waals surface area contributed by atoms with Crippen molar-refractivity contribution < 1.29 is 14.3 Å². The van der Waals surface area contributed by atoms with Gasteiger partial charge in [0.15, 0.2) is 5.75 Å². The number of hydrogen-bond acceptors (Lipinski definition) is 4. The molecule has 0 atom stereocenters. The van der Waals surface area contributed by atoms with Gasteiger partial charge in [0.1, 0.15) is 16.4 Å². The molecule has 0 aliphatic heterocycles. The number of carbonyl (C=O) groups excluding carboxylic acids is 1. The summed E-state index contributed by atoms with van der Waals surface area (Å²) in [5.41, 5.74) is 2.64. The van der Waals surface area contributed by atoms with E-state index in [9.17, 15) is 4.79 Å². The molecule has 146 valence electrons. The van der Waals surface area contributed by atoms with Crippen LogP contribution in [0.25, 0.3) is 10.1 Å². The summed E-state index contributed by atoms with van der Waals surface area (Å²) in [6, 6.07) is 19.3. The second-order valence-corrected chi connectivity index (χ2v) is 8.74. The lowest BCUT2D eigenvalue weighted by molar-refractivity contribution is 0.103. The number of ketones is 1. The van der Waals surface area contributed by atoms with Crippen LogP contribution in [0.15, 0.2) is 65.1 Å². The minimum atomic E-state index is -0.0205. The van der Waals surface area contributed by atoms with Gasteiger partial charge in [0.05, 0.1) is 7.11 Å². The molecule has 3 nitrogen and oxygen atoms in total. The lowest BCUT2D eigenvalue weighted by Gasteiger charge is -2.11.